The molecular formula is C26H23NO4. The molecule has 31 heavy (non-hydrogen) atoms. The number of phenols is 1. The number of carbonyl (C=O) groups is 2. The van der Waals surface area contributed by atoms with Gasteiger partial charge < -0.3 is 15.1 Å². The standard InChI is InChI=1S/C26H23NO4/c1-17-7-9-20(10-8-17)24(29)22-23(19-11-13-21(28)14-12-19)27(26(31)25(22)30)16-15-18-5-3-2-4-6-18/h2-14,23,28-29H,15-16H2,1H3/t23-/m1/s1. The molecule has 0 spiro atoms. The van der Waals surface area contributed by atoms with Gasteiger partial charge >= 0.3 is 0 Å². The molecule has 1 heterocycles. The van der Waals surface area contributed by atoms with Gasteiger partial charge in [-0.15, -0.1) is 0 Å². The lowest BCUT2D eigenvalue weighted by Gasteiger charge is -2.25. The van der Waals surface area contributed by atoms with E-state index in [-0.39, 0.29) is 17.1 Å². The third kappa shape index (κ3) is 4.08. The first-order chi connectivity index (χ1) is 15.0. The van der Waals surface area contributed by atoms with Gasteiger partial charge in [0.2, 0.25) is 0 Å². The normalized spacial score (nSPS) is 17.8. The summed E-state index contributed by atoms with van der Waals surface area (Å²) in [5.74, 6) is -1.45. The van der Waals surface area contributed by atoms with E-state index in [1.807, 2.05) is 49.4 Å². The molecule has 3 aromatic carbocycles. The number of Topliss-reactive ketones (excluding diaryl/α,β-unsaturated/α-hetero) is 1. The van der Waals surface area contributed by atoms with E-state index >= 15 is 0 Å². The third-order valence-corrected chi connectivity index (χ3v) is 5.56. The van der Waals surface area contributed by atoms with Crippen LogP contribution in [0, 0.1) is 6.92 Å². The SMILES string of the molecule is Cc1ccc(C(O)=C2C(=O)C(=O)N(CCc3ccccc3)[C@@H]2c2ccc(O)cc2)cc1. The molecule has 0 aromatic heterocycles. The number of ketones is 1. The summed E-state index contributed by atoms with van der Waals surface area (Å²) >= 11 is 0. The molecule has 0 unspecified atom stereocenters. The van der Waals surface area contributed by atoms with Crippen molar-refractivity contribution in [2.45, 2.75) is 19.4 Å². The number of aryl methyl sites for hydroxylation is 1. The summed E-state index contributed by atoms with van der Waals surface area (Å²) in [6.07, 6.45) is 0.576. The van der Waals surface area contributed by atoms with Crippen LogP contribution in [0.4, 0.5) is 0 Å². The zero-order valence-corrected chi connectivity index (χ0v) is 17.2. The molecule has 0 bridgehead atoms. The van der Waals surface area contributed by atoms with E-state index in [0.717, 1.165) is 11.1 Å². The second kappa shape index (κ2) is 8.48. The minimum absolute atomic E-state index is 0.0626. The Morgan fingerprint density at radius 2 is 1.55 bits per heavy atom. The lowest BCUT2D eigenvalue weighted by molar-refractivity contribution is -0.139. The van der Waals surface area contributed by atoms with Gasteiger partial charge in [0.05, 0.1) is 11.6 Å². The maximum Gasteiger partial charge on any atom is 0.295 e. The van der Waals surface area contributed by atoms with E-state index in [2.05, 4.69) is 0 Å². The number of rotatable bonds is 5. The summed E-state index contributed by atoms with van der Waals surface area (Å²) in [5.41, 5.74) is 3.27. The summed E-state index contributed by atoms with van der Waals surface area (Å²) in [7, 11) is 0. The Bertz CT molecular complexity index is 1130. The number of carbonyl (C=O) groups excluding carboxylic acids is 2. The molecule has 0 aliphatic carbocycles. The highest BCUT2D eigenvalue weighted by molar-refractivity contribution is 6.46. The van der Waals surface area contributed by atoms with Crippen LogP contribution in [-0.4, -0.2) is 33.3 Å². The van der Waals surface area contributed by atoms with Crippen molar-refractivity contribution in [1.29, 1.82) is 0 Å². The average molecular weight is 413 g/mol. The number of aliphatic hydroxyl groups is 1. The Kier molecular flexibility index (Phi) is 5.58. The van der Waals surface area contributed by atoms with Crippen LogP contribution in [0.5, 0.6) is 5.75 Å². The second-order valence-corrected chi connectivity index (χ2v) is 7.69. The quantitative estimate of drug-likeness (QED) is 0.370. The van der Waals surface area contributed by atoms with Gasteiger partial charge in [0.25, 0.3) is 11.7 Å². The summed E-state index contributed by atoms with van der Waals surface area (Å²) in [5, 5.41) is 20.7. The van der Waals surface area contributed by atoms with Gasteiger partial charge in [-0.3, -0.25) is 9.59 Å². The van der Waals surface area contributed by atoms with Gasteiger partial charge in [-0.25, -0.2) is 0 Å². The molecule has 1 aliphatic rings. The number of likely N-dealkylation sites (tertiary alicyclic amines) is 1. The van der Waals surface area contributed by atoms with Crippen molar-refractivity contribution in [2.24, 2.45) is 0 Å². The molecule has 0 radical (unpaired) electrons. The maximum absolute atomic E-state index is 13.0. The highest BCUT2D eigenvalue weighted by Gasteiger charge is 2.45. The number of aliphatic hydroxyl groups excluding tert-OH is 1. The lowest BCUT2D eigenvalue weighted by Crippen LogP contribution is -2.31. The summed E-state index contributed by atoms with van der Waals surface area (Å²) < 4.78 is 0. The van der Waals surface area contributed by atoms with Crippen molar-refractivity contribution >= 4 is 17.4 Å². The third-order valence-electron chi connectivity index (χ3n) is 5.56. The van der Waals surface area contributed by atoms with Crippen LogP contribution in [0.2, 0.25) is 0 Å². The number of phenolic OH excluding ortho intramolecular Hbond substituents is 1. The molecule has 5 heteroatoms. The number of nitrogens with zero attached hydrogens (tertiary/aromatic N) is 1. The fraction of sp³-hybridized carbons (Fsp3) is 0.154. The predicted octanol–water partition coefficient (Wildman–Crippen LogP) is 4.37. The Hall–Kier alpha value is -3.86. The van der Waals surface area contributed by atoms with E-state index in [0.29, 0.717) is 24.1 Å². The molecule has 1 amide bonds. The fourth-order valence-electron chi connectivity index (χ4n) is 3.87. The van der Waals surface area contributed by atoms with Crippen molar-refractivity contribution < 1.29 is 19.8 Å². The highest BCUT2D eigenvalue weighted by atomic mass is 16.3. The van der Waals surface area contributed by atoms with Gasteiger partial charge in [0.1, 0.15) is 11.5 Å². The van der Waals surface area contributed by atoms with E-state index in [1.165, 1.54) is 17.0 Å². The Morgan fingerprint density at radius 1 is 0.903 bits per heavy atom. The first-order valence-corrected chi connectivity index (χ1v) is 10.1. The maximum atomic E-state index is 13.0. The van der Waals surface area contributed by atoms with E-state index in [4.69, 9.17) is 0 Å². The van der Waals surface area contributed by atoms with Gasteiger partial charge in [0, 0.05) is 12.1 Å². The Balaban J connectivity index is 1.78. The molecule has 1 aliphatic heterocycles. The fourth-order valence-corrected chi connectivity index (χ4v) is 3.87. The molecule has 1 fully saturated rings. The summed E-state index contributed by atoms with van der Waals surface area (Å²) in [4.78, 5) is 27.5. The molecule has 156 valence electrons. The zero-order valence-electron chi connectivity index (χ0n) is 17.2. The van der Waals surface area contributed by atoms with Crippen LogP contribution < -0.4 is 0 Å². The largest absolute Gasteiger partial charge is 0.508 e. The molecule has 1 atom stereocenters. The lowest BCUT2D eigenvalue weighted by atomic mass is 9.95. The minimum Gasteiger partial charge on any atom is -0.508 e. The molecule has 5 nitrogen and oxygen atoms in total. The number of aromatic hydroxyl groups is 1. The highest BCUT2D eigenvalue weighted by Crippen LogP contribution is 2.39. The van der Waals surface area contributed by atoms with Crippen molar-refractivity contribution in [1.82, 2.24) is 4.90 Å². The van der Waals surface area contributed by atoms with Gasteiger partial charge in [0.15, 0.2) is 0 Å². The molecule has 1 saturated heterocycles. The smallest absolute Gasteiger partial charge is 0.295 e. The predicted molar refractivity (Wildman–Crippen MR) is 118 cm³/mol. The van der Waals surface area contributed by atoms with E-state index in [1.54, 1.807) is 24.3 Å². The van der Waals surface area contributed by atoms with Crippen molar-refractivity contribution in [3.8, 4) is 5.75 Å². The zero-order chi connectivity index (χ0) is 22.0. The monoisotopic (exact) mass is 413 g/mol. The minimum atomic E-state index is -0.731. The number of benzene rings is 3. The van der Waals surface area contributed by atoms with Crippen LogP contribution in [0.15, 0.2) is 84.4 Å². The van der Waals surface area contributed by atoms with Gasteiger partial charge in [-0.1, -0.05) is 72.3 Å². The van der Waals surface area contributed by atoms with Crippen LogP contribution in [-0.2, 0) is 16.0 Å². The van der Waals surface area contributed by atoms with Crippen molar-refractivity contribution in [3.63, 3.8) is 0 Å². The van der Waals surface area contributed by atoms with Crippen LogP contribution in [0.1, 0.15) is 28.3 Å². The first-order valence-electron chi connectivity index (χ1n) is 10.1. The number of amides is 1. The summed E-state index contributed by atoms with van der Waals surface area (Å²) in [6.45, 7) is 2.26. The molecule has 3 aromatic rings. The molecule has 0 saturated carbocycles. The van der Waals surface area contributed by atoms with E-state index in [9.17, 15) is 19.8 Å². The van der Waals surface area contributed by atoms with Gasteiger partial charge in [-0.05, 0) is 36.6 Å². The van der Waals surface area contributed by atoms with E-state index < -0.39 is 17.7 Å². The second-order valence-electron chi connectivity index (χ2n) is 7.69. The average Bonchev–Trinajstić information content (AvgIpc) is 3.04. The van der Waals surface area contributed by atoms with Crippen LogP contribution in [0.25, 0.3) is 5.76 Å². The molecule has 2 N–H and O–H groups in total. The van der Waals surface area contributed by atoms with Crippen molar-refractivity contribution in [2.75, 3.05) is 6.54 Å². The number of hydrogen-bond donors (Lipinski definition) is 2. The van der Waals surface area contributed by atoms with Gasteiger partial charge in [-0.2, -0.15) is 0 Å². The Morgan fingerprint density at radius 3 is 2.19 bits per heavy atom. The Labute approximate surface area is 180 Å². The molecular weight excluding hydrogens is 390 g/mol. The molecule has 4 rings (SSSR count). The topological polar surface area (TPSA) is 77.8 Å². The van der Waals surface area contributed by atoms with Crippen molar-refractivity contribution in [3.05, 3.63) is 107 Å². The number of hydrogen-bond acceptors (Lipinski definition) is 4. The van der Waals surface area contributed by atoms with Crippen LogP contribution in [0.3, 0.4) is 0 Å². The van der Waals surface area contributed by atoms with Crippen LogP contribution >= 0.6 is 0 Å². The summed E-state index contributed by atoms with van der Waals surface area (Å²) in [6, 6.07) is 22.5. The first kappa shape index (κ1) is 20.4.